The van der Waals surface area contributed by atoms with Crippen LogP contribution < -0.4 is 0 Å². The van der Waals surface area contributed by atoms with Gasteiger partial charge in [0.05, 0.1) is 12.1 Å². The molecule has 124 valence electrons. The second-order valence-electron chi connectivity index (χ2n) is 7.04. The van der Waals surface area contributed by atoms with Gasteiger partial charge in [0.2, 0.25) is 0 Å². The number of hydrogen-bond donors (Lipinski definition) is 2. The Morgan fingerprint density at radius 2 is 2.10 bits per heavy atom. The van der Waals surface area contributed by atoms with Gasteiger partial charge in [-0.1, -0.05) is 0 Å². The summed E-state index contributed by atoms with van der Waals surface area (Å²) in [5.74, 6) is 0. The number of likely N-dealkylation sites (N-methyl/N-ethyl adjacent to an activating group) is 1. The van der Waals surface area contributed by atoms with Gasteiger partial charge >= 0.3 is 6.09 Å². The summed E-state index contributed by atoms with van der Waals surface area (Å²) in [5, 5.41) is 19.6. The molecule has 1 heterocycles. The number of β-amino-alcohol motifs (C(OH)–C–C–N with tert-alkyl or cyclic N) is 1. The summed E-state index contributed by atoms with van der Waals surface area (Å²) in [6.07, 6.45) is 1.76. The van der Waals surface area contributed by atoms with Gasteiger partial charge in [0, 0.05) is 26.2 Å². The minimum atomic E-state index is -0.903. The molecule has 1 saturated heterocycles. The van der Waals surface area contributed by atoms with Gasteiger partial charge in [0.1, 0.15) is 5.60 Å². The number of nitrogens with zero attached hydrogens (tertiary/aromatic N) is 2. The number of rotatable bonds is 5. The largest absolute Gasteiger partial charge is 0.444 e. The Morgan fingerprint density at radius 3 is 2.67 bits per heavy atom. The Bertz CT molecular complexity index is 343. The molecule has 1 fully saturated rings. The fourth-order valence-corrected chi connectivity index (χ4v) is 2.65. The van der Waals surface area contributed by atoms with Crippen LogP contribution in [0.2, 0.25) is 0 Å². The van der Waals surface area contributed by atoms with Crippen LogP contribution >= 0.6 is 0 Å². The Labute approximate surface area is 127 Å². The van der Waals surface area contributed by atoms with Crippen LogP contribution in [-0.4, -0.2) is 77.1 Å². The molecule has 0 aromatic rings. The predicted molar refractivity (Wildman–Crippen MR) is 81.2 cm³/mol. The Morgan fingerprint density at radius 1 is 1.43 bits per heavy atom. The van der Waals surface area contributed by atoms with Crippen molar-refractivity contribution in [1.82, 2.24) is 9.80 Å². The second-order valence-corrected chi connectivity index (χ2v) is 7.04. The number of aliphatic hydroxyl groups excluding tert-OH is 1. The van der Waals surface area contributed by atoms with Crippen molar-refractivity contribution >= 4 is 6.09 Å². The first-order valence-corrected chi connectivity index (χ1v) is 7.65. The maximum atomic E-state index is 12.1. The lowest BCUT2D eigenvalue weighted by atomic mass is 9.92. The van der Waals surface area contributed by atoms with Crippen LogP contribution in [0.1, 0.15) is 40.0 Å². The number of likely N-dealkylation sites (tertiary alicyclic amines) is 1. The first-order chi connectivity index (χ1) is 9.65. The normalized spacial score (nSPS) is 23.5. The molecule has 2 N–H and O–H groups in total. The molecule has 0 aromatic heterocycles. The zero-order chi connectivity index (χ0) is 16.1. The van der Waals surface area contributed by atoms with Gasteiger partial charge in [-0.25, -0.2) is 4.79 Å². The van der Waals surface area contributed by atoms with E-state index in [2.05, 4.69) is 0 Å². The Kier molecular flexibility index (Phi) is 6.43. The molecule has 1 aliphatic heterocycles. The number of piperidine rings is 1. The van der Waals surface area contributed by atoms with Crippen molar-refractivity contribution < 1.29 is 19.7 Å². The molecular formula is C15H30N2O4. The summed E-state index contributed by atoms with van der Waals surface area (Å²) >= 11 is 0. The number of carbonyl (C=O) groups is 1. The van der Waals surface area contributed by atoms with Gasteiger partial charge in [0.25, 0.3) is 0 Å². The Balaban J connectivity index is 2.55. The molecule has 1 unspecified atom stereocenters. The molecule has 1 amide bonds. The topological polar surface area (TPSA) is 73.2 Å². The van der Waals surface area contributed by atoms with Gasteiger partial charge in [-0.3, -0.25) is 0 Å². The number of hydrogen-bond acceptors (Lipinski definition) is 5. The molecule has 6 nitrogen and oxygen atoms in total. The molecule has 21 heavy (non-hydrogen) atoms. The second kappa shape index (κ2) is 7.42. The van der Waals surface area contributed by atoms with E-state index < -0.39 is 11.2 Å². The van der Waals surface area contributed by atoms with Crippen molar-refractivity contribution in [2.24, 2.45) is 0 Å². The summed E-state index contributed by atoms with van der Waals surface area (Å²) in [5.41, 5.74) is -1.43. The molecular weight excluding hydrogens is 272 g/mol. The van der Waals surface area contributed by atoms with Crippen LogP contribution in [0.5, 0.6) is 0 Å². The smallest absolute Gasteiger partial charge is 0.410 e. The van der Waals surface area contributed by atoms with Crippen molar-refractivity contribution in [3.8, 4) is 0 Å². The van der Waals surface area contributed by atoms with Crippen molar-refractivity contribution in [2.75, 3.05) is 39.8 Å². The fourth-order valence-electron chi connectivity index (χ4n) is 2.65. The zero-order valence-electron chi connectivity index (χ0n) is 13.8. The lowest BCUT2D eigenvalue weighted by Crippen LogP contribution is -2.55. The molecule has 1 atom stereocenters. The highest BCUT2D eigenvalue weighted by atomic mass is 16.6. The monoisotopic (exact) mass is 302 g/mol. The summed E-state index contributed by atoms with van der Waals surface area (Å²) in [6.45, 7) is 7.80. The Hall–Kier alpha value is -0.850. The third-order valence-corrected chi connectivity index (χ3v) is 3.47. The quantitative estimate of drug-likeness (QED) is 0.794. The van der Waals surface area contributed by atoms with E-state index in [1.807, 2.05) is 32.7 Å². The van der Waals surface area contributed by atoms with E-state index in [0.29, 0.717) is 32.5 Å². The van der Waals surface area contributed by atoms with Crippen molar-refractivity contribution in [3.05, 3.63) is 0 Å². The van der Waals surface area contributed by atoms with Gasteiger partial charge in [-0.15, -0.1) is 0 Å². The van der Waals surface area contributed by atoms with E-state index >= 15 is 0 Å². The number of aliphatic hydroxyl groups is 2. The van der Waals surface area contributed by atoms with Crippen molar-refractivity contribution in [1.29, 1.82) is 0 Å². The molecule has 0 bridgehead atoms. The average Bonchev–Trinajstić information content (AvgIpc) is 2.33. The molecule has 0 radical (unpaired) electrons. The van der Waals surface area contributed by atoms with Crippen LogP contribution in [0.15, 0.2) is 0 Å². The van der Waals surface area contributed by atoms with Gasteiger partial charge in [0.15, 0.2) is 0 Å². The number of amides is 1. The van der Waals surface area contributed by atoms with E-state index in [1.54, 1.807) is 4.90 Å². The molecule has 1 aliphatic rings. The van der Waals surface area contributed by atoms with E-state index in [9.17, 15) is 9.90 Å². The molecule has 0 aliphatic carbocycles. The minimum Gasteiger partial charge on any atom is -0.444 e. The van der Waals surface area contributed by atoms with Gasteiger partial charge < -0.3 is 24.7 Å². The van der Waals surface area contributed by atoms with E-state index in [0.717, 1.165) is 13.0 Å². The van der Waals surface area contributed by atoms with Crippen LogP contribution in [0.3, 0.4) is 0 Å². The maximum Gasteiger partial charge on any atom is 0.410 e. The molecule has 0 spiro atoms. The minimum absolute atomic E-state index is 0.146. The van der Waals surface area contributed by atoms with E-state index in [-0.39, 0.29) is 12.7 Å². The highest BCUT2D eigenvalue weighted by Gasteiger charge is 2.37. The third kappa shape index (κ3) is 6.63. The lowest BCUT2D eigenvalue weighted by Gasteiger charge is -2.41. The third-order valence-electron chi connectivity index (χ3n) is 3.47. The molecule has 6 heteroatoms. The van der Waals surface area contributed by atoms with Crippen LogP contribution in [-0.2, 0) is 4.74 Å². The number of carbonyl (C=O) groups excluding carboxylic acids is 1. The first-order valence-electron chi connectivity index (χ1n) is 7.65. The van der Waals surface area contributed by atoms with Crippen LogP contribution in [0.25, 0.3) is 0 Å². The standard InChI is InChI=1S/C15H30N2O4/c1-14(2,3)21-13(19)17-9-5-7-15(20,12-17)11-16(4)8-6-10-18/h18,20H,5-12H2,1-4H3. The number of ether oxygens (including phenoxy) is 1. The van der Waals surface area contributed by atoms with Crippen molar-refractivity contribution in [2.45, 2.75) is 51.2 Å². The first kappa shape index (κ1) is 18.2. The van der Waals surface area contributed by atoms with Crippen LogP contribution in [0.4, 0.5) is 4.79 Å². The summed E-state index contributed by atoms with van der Waals surface area (Å²) < 4.78 is 5.37. The predicted octanol–water partition coefficient (Wildman–Crippen LogP) is 1.06. The summed E-state index contributed by atoms with van der Waals surface area (Å²) in [7, 11) is 1.92. The summed E-state index contributed by atoms with van der Waals surface area (Å²) in [6, 6.07) is 0. The summed E-state index contributed by atoms with van der Waals surface area (Å²) in [4.78, 5) is 15.7. The highest BCUT2D eigenvalue weighted by Crippen LogP contribution is 2.23. The zero-order valence-corrected chi connectivity index (χ0v) is 13.8. The lowest BCUT2D eigenvalue weighted by molar-refractivity contribution is -0.0566. The van der Waals surface area contributed by atoms with Crippen LogP contribution in [0, 0.1) is 0 Å². The SMILES string of the molecule is CN(CCCO)CC1(O)CCCN(C(=O)OC(C)(C)C)C1. The molecule has 0 saturated carbocycles. The maximum absolute atomic E-state index is 12.1. The fraction of sp³-hybridized carbons (Fsp3) is 0.933. The van der Waals surface area contributed by atoms with Gasteiger partial charge in [-0.05, 0) is 47.1 Å². The highest BCUT2D eigenvalue weighted by molar-refractivity contribution is 5.68. The van der Waals surface area contributed by atoms with E-state index in [1.165, 1.54) is 0 Å². The van der Waals surface area contributed by atoms with E-state index in [4.69, 9.17) is 9.84 Å². The molecule has 0 aromatic carbocycles. The average molecular weight is 302 g/mol. The molecule has 1 rings (SSSR count). The van der Waals surface area contributed by atoms with Crippen molar-refractivity contribution in [3.63, 3.8) is 0 Å². The van der Waals surface area contributed by atoms with Gasteiger partial charge in [-0.2, -0.15) is 0 Å².